The number of imidazole rings is 1. The first kappa shape index (κ1) is 12.5. The highest BCUT2D eigenvalue weighted by Gasteiger charge is 2.18. The van der Waals surface area contributed by atoms with Gasteiger partial charge < -0.3 is 19.9 Å². The maximum atomic E-state index is 12.3. The van der Waals surface area contributed by atoms with Crippen LogP contribution >= 0.6 is 0 Å². The number of amides is 1. The highest BCUT2D eigenvalue weighted by molar-refractivity contribution is 5.98. The Morgan fingerprint density at radius 1 is 1.55 bits per heavy atom. The molecule has 0 aliphatic carbocycles. The van der Waals surface area contributed by atoms with Crippen LogP contribution in [-0.2, 0) is 13.6 Å². The second kappa shape index (κ2) is 5.24. The molecule has 6 nitrogen and oxygen atoms in total. The molecule has 0 bridgehead atoms. The summed E-state index contributed by atoms with van der Waals surface area (Å²) in [6, 6.07) is 5.51. The molecule has 1 aliphatic heterocycles. The standard InChI is InChI=1S/C14H16N4O2/c1-18-7-5-16-12(18)9-17-14(19)10-3-2-4-11-13(10)20-8-6-15-11/h2-5,7,15H,6,8-9H2,1H3,(H,17,19). The number of fused-ring (bicyclic) bond motifs is 1. The molecule has 0 unspecified atom stereocenters. The van der Waals surface area contributed by atoms with E-state index in [-0.39, 0.29) is 5.91 Å². The molecule has 0 fully saturated rings. The van der Waals surface area contributed by atoms with Gasteiger partial charge in [-0.2, -0.15) is 0 Å². The lowest BCUT2D eigenvalue weighted by molar-refractivity contribution is 0.0945. The summed E-state index contributed by atoms with van der Waals surface area (Å²) in [5.41, 5.74) is 1.41. The molecular weight excluding hydrogens is 256 g/mol. The Labute approximate surface area is 116 Å². The Hall–Kier alpha value is -2.50. The van der Waals surface area contributed by atoms with Gasteiger partial charge >= 0.3 is 0 Å². The predicted molar refractivity (Wildman–Crippen MR) is 74.8 cm³/mol. The Bertz CT molecular complexity index is 636. The Balaban J connectivity index is 1.76. The fourth-order valence-corrected chi connectivity index (χ4v) is 2.17. The van der Waals surface area contributed by atoms with E-state index in [4.69, 9.17) is 4.74 Å². The average molecular weight is 272 g/mol. The molecule has 0 spiro atoms. The van der Waals surface area contributed by atoms with Gasteiger partial charge in [0.05, 0.1) is 17.8 Å². The van der Waals surface area contributed by atoms with Crippen LogP contribution in [0.15, 0.2) is 30.6 Å². The van der Waals surface area contributed by atoms with Gasteiger partial charge in [0.1, 0.15) is 12.4 Å². The number of anilines is 1. The first-order valence-corrected chi connectivity index (χ1v) is 6.50. The third kappa shape index (κ3) is 2.32. The number of carbonyl (C=O) groups excluding carboxylic acids is 1. The van der Waals surface area contributed by atoms with E-state index in [1.165, 1.54) is 0 Å². The topological polar surface area (TPSA) is 68.2 Å². The molecule has 0 saturated heterocycles. The quantitative estimate of drug-likeness (QED) is 0.879. The smallest absolute Gasteiger partial charge is 0.255 e. The molecule has 6 heteroatoms. The molecule has 1 aromatic heterocycles. The van der Waals surface area contributed by atoms with Crippen LogP contribution in [0.5, 0.6) is 5.75 Å². The molecule has 0 atom stereocenters. The molecule has 0 radical (unpaired) electrons. The molecule has 104 valence electrons. The minimum Gasteiger partial charge on any atom is -0.489 e. The van der Waals surface area contributed by atoms with Crippen molar-refractivity contribution in [3.05, 3.63) is 42.0 Å². The van der Waals surface area contributed by atoms with E-state index in [1.807, 2.05) is 29.9 Å². The van der Waals surface area contributed by atoms with E-state index in [2.05, 4.69) is 15.6 Å². The molecule has 1 amide bonds. The lowest BCUT2D eigenvalue weighted by Crippen LogP contribution is -2.27. The summed E-state index contributed by atoms with van der Waals surface area (Å²) >= 11 is 0. The molecule has 2 N–H and O–H groups in total. The van der Waals surface area contributed by atoms with Crippen LogP contribution in [0.4, 0.5) is 5.69 Å². The van der Waals surface area contributed by atoms with Gasteiger partial charge in [0.25, 0.3) is 5.91 Å². The van der Waals surface area contributed by atoms with Crippen molar-refractivity contribution in [3.63, 3.8) is 0 Å². The van der Waals surface area contributed by atoms with Crippen molar-refractivity contribution < 1.29 is 9.53 Å². The van der Waals surface area contributed by atoms with E-state index < -0.39 is 0 Å². The largest absolute Gasteiger partial charge is 0.489 e. The summed E-state index contributed by atoms with van der Waals surface area (Å²) in [6.45, 7) is 1.71. The average Bonchev–Trinajstić information content (AvgIpc) is 2.89. The number of rotatable bonds is 3. The van der Waals surface area contributed by atoms with Gasteiger partial charge in [-0.1, -0.05) is 6.07 Å². The van der Waals surface area contributed by atoms with E-state index in [1.54, 1.807) is 12.3 Å². The zero-order chi connectivity index (χ0) is 13.9. The normalized spacial score (nSPS) is 13.1. The number of hydrogen-bond donors (Lipinski definition) is 2. The highest BCUT2D eigenvalue weighted by Crippen LogP contribution is 2.31. The van der Waals surface area contributed by atoms with Gasteiger partial charge in [0, 0.05) is 26.0 Å². The fraction of sp³-hybridized carbons (Fsp3) is 0.286. The molecule has 3 rings (SSSR count). The van der Waals surface area contributed by atoms with Gasteiger partial charge in [-0.05, 0) is 12.1 Å². The predicted octanol–water partition coefficient (Wildman–Crippen LogP) is 1.15. The highest BCUT2D eigenvalue weighted by atomic mass is 16.5. The molecule has 0 saturated carbocycles. The van der Waals surface area contributed by atoms with Crippen molar-refractivity contribution in [2.24, 2.45) is 7.05 Å². The molecule has 1 aliphatic rings. The second-order valence-electron chi connectivity index (χ2n) is 4.59. The minimum atomic E-state index is -0.159. The van der Waals surface area contributed by atoms with Crippen LogP contribution < -0.4 is 15.4 Å². The molecule has 2 heterocycles. The van der Waals surface area contributed by atoms with Crippen LogP contribution in [0.25, 0.3) is 0 Å². The van der Waals surface area contributed by atoms with Crippen molar-refractivity contribution in [1.82, 2.24) is 14.9 Å². The zero-order valence-electron chi connectivity index (χ0n) is 11.2. The third-order valence-corrected chi connectivity index (χ3v) is 3.25. The number of hydrogen-bond acceptors (Lipinski definition) is 4. The number of para-hydroxylation sites is 1. The maximum absolute atomic E-state index is 12.3. The number of aryl methyl sites for hydroxylation is 1. The van der Waals surface area contributed by atoms with Crippen LogP contribution in [0.2, 0.25) is 0 Å². The Kier molecular flexibility index (Phi) is 3.28. The second-order valence-corrected chi connectivity index (χ2v) is 4.59. The fourth-order valence-electron chi connectivity index (χ4n) is 2.17. The first-order chi connectivity index (χ1) is 9.75. The van der Waals surface area contributed by atoms with Gasteiger partial charge in [-0.25, -0.2) is 4.98 Å². The first-order valence-electron chi connectivity index (χ1n) is 6.50. The molecule has 20 heavy (non-hydrogen) atoms. The minimum absolute atomic E-state index is 0.159. The van der Waals surface area contributed by atoms with E-state index in [0.29, 0.717) is 24.5 Å². The van der Waals surface area contributed by atoms with Crippen molar-refractivity contribution in [1.29, 1.82) is 0 Å². The number of aromatic nitrogens is 2. The monoisotopic (exact) mass is 272 g/mol. The summed E-state index contributed by atoms with van der Waals surface area (Å²) in [7, 11) is 1.89. The number of ether oxygens (including phenoxy) is 1. The van der Waals surface area contributed by atoms with Crippen molar-refractivity contribution >= 4 is 11.6 Å². The lowest BCUT2D eigenvalue weighted by atomic mass is 10.1. The van der Waals surface area contributed by atoms with Gasteiger partial charge in [-0.3, -0.25) is 4.79 Å². The number of nitrogens with zero attached hydrogens (tertiary/aromatic N) is 2. The van der Waals surface area contributed by atoms with E-state index in [0.717, 1.165) is 18.1 Å². The van der Waals surface area contributed by atoms with Crippen LogP contribution in [0, 0.1) is 0 Å². The van der Waals surface area contributed by atoms with Crippen LogP contribution in [0.3, 0.4) is 0 Å². The number of benzene rings is 1. The van der Waals surface area contributed by atoms with Crippen LogP contribution in [-0.4, -0.2) is 28.6 Å². The molecule has 2 aromatic rings. The summed E-state index contributed by atoms with van der Waals surface area (Å²) < 4.78 is 7.47. The van der Waals surface area contributed by atoms with Crippen molar-refractivity contribution in [2.75, 3.05) is 18.5 Å². The Morgan fingerprint density at radius 3 is 3.25 bits per heavy atom. The number of nitrogens with one attached hydrogen (secondary N) is 2. The summed E-state index contributed by atoms with van der Waals surface area (Å²) in [5, 5.41) is 6.08. The van der Waals surface area contributed by atoms with E-state index >= 15 is 0 Å². The van der Waals surface area contributed by atoms with Crippen molar-refractivity contribution in [2.45, 2.75) is 6.54 Å². The summed E-state index contributed by atoms with van der Waals surface area (Å²) in [6.07, 6.45) is 3.55. The summed E-state index contributed by atoms with van der Waals surface area (Å²) in [4.78, 5) is 16.4. The SMILES string of the molecule is Cn1ccnc1CNC(=O)c1cccc2c1OCCN2. The molecule has 1 aromatic carbocycles. The van der Waals surface area contributed by atoms with E-state index in [9.17, 15) is 4.79 Å². The third-order valence-electron chi connectivity index (χ3n) is 3.25. The zero-order valence-corrected chi connectivity index (χ0v) is 11.2. The molecular formula is C14H16N4O2. The van der Waals surface area contributed by atoms with Crippen LogP contribution in [0.1, 0.15) is 16.2 Å². The van der Waals surface area contributed by atoms with Gasteiger partial charge in [0.2, 0.25) is 0 Å². The maximum Gasteiger partial charge on any atom is 0.255 e. The van der Waals surface area contributed by atoms with Gasteiger partial charge in [0.15, 0.2) is 5.75 Å². The summed E-state index contributed by atoms with van der Waals surface area (Å²) in [5.74, 6) is 1.27. The Morgan fingerprint density at radius 2 is 2.45 bits per heavy atom. The van der Waals surface area contributed by atoms with Crippen molar-refractivity contribution in [3.8, 4) is 5.75 Å². The van der Waals surface area contributed by atoms with Gasteiger partial charge in [-0.15, -0.1) is 0 Å². The number of carbonyl (C=O) groups is 1. The lowest BCUT2D eigenvalue weighted by Gasteiger charge is -2.21.